The SMILES string of the molecule is CC(C)(C)OC(=O)N1C(Cc2ccccc2)SC[C@H]1C(=O)O. The number of rotatable bonds is 3. The number of carbonyl (C=O) groups excluding carboxylic acids is 1. The number of ether oxygens (including phenoxy) is 1. The number of thioether (sulfide) groups is 1. The van der Waals surface area contributed by atoms with Gasteiger partial charge in [0.25, 0.3) is 0 Å². The molecule has 1 amide bonds. The Morgan fingerprint density at radius 2 is 1.95 bits per heavy atom. The number of aliphatic carboxylic acids is 1. The maximum atomic E-state index is 12.4. The highest BCUT2D eigenvalue weighted by molar-refractivity contribution is 8.00. The van der Waals surface area contributed by atoms with Crippen molar-refractivity contribution in [2.24, 2.45) is 0 Å². The number of benzene rings is 1. The van der Waals surface area contributed by atoms with E-state index in [0.717, 1.165) is 5.56 Å². The molecule has 1 aromatic carbocycles. The smallest absolute Gasteiger partial charge is 0.411 e. The fraction of sp³-hybridized carbons (Fsp3) is 0.500. The van der Waals surface area contributed by atoms with Crippen molar-refractivity contribution in [3.05, 3.63) is 35.9 Å². The van der Waals surface area contributed by atoms with E-state index >= 15 is 0 Å². The van der Waals surface area contributed by atoms with Crippen LogP contribution < -0.4 is 0 Å². The van der Waals surface area contributed by atoms with Gasteiger partial charge in [-0.25, -0.2) is 9.59 Å². The van der Waals surface area contributed by atoms with Crippen LogP contribution in [-0.4, -0.2) is 44.8 Å². The van der Waals surface area contributed by atoms with Gasteiger partial charge in [-0.3, -0.25) is 4.90 Å². The second kappa shape index (κ2) is 6.60. The van der Waals surface area contributed by atoms with E-state index in [1.54, 1.807) is 20.8 Å². The average molecular weight is 323 g/mol. The minimum absolute atomic E-state index is 0.224. The van der Waals surface area contributed by atoms with Crippen LogP contribution in [0, 0.1) is 0 Å². The molecule has 0 spiro atoms. The maximum absolute atomic E-state index is 12.4. The number of amides is 1. The third-order valence-corrected chi connectivity index (χ3v) is 4.52. The van der Waals surface area contributed by atoms with Crippen molar-refractivity contribution in [1.82, 2.24) is 4.90 Å². The third kappa shape index (κ3) is 4.16. The quantitative estimate of drug-likeness (QED) is 0.926. The van der Waals surface area contributed by atoms with E-state index in [1.165, 1.54) is 16.7 Å². The minimum Gasteiger partial charge on any atom is -0.480 e. The van der Waals surface area contributed by atoms with Crippen LogP contribution >= 0.6 is 11.8 Å². The second-order valence-electron chi connectivity index (χ2n) is 6.22. The summed E-state index contributed by atoms with van der Waals surface area (Å²) < 4.78 is 5.38. The first-order chi connectivity index (χ1) is 10.3. The number of nitrogens with zero attached hydrogens (tertiary/aromatic N) is 1. The normalized spacial score (nSPS) is 21.7. The molecule has 1 saturated heterocycles. The molecule has 1 aliphatic heterocycles. The number of hydrogen-bond acceptors (Lipinski definition) is 4. The maximum Gasteiger partial charge on any atom is 0.411 e. The monoisotopic (exact) mass is 323 g/mol. The summed E-state index contributed by atoms with van der Waals surface area (Å²) in [5.41, 5.74) is 0.421. The van der Waals surface area contributed by atoms with E-state index < -0.39 is 23.7 Å². The summed E-state index contributed by atoms with van der Waals surface area (Å²) in [7, 11) is 0. The zero-order valence-corrected chi connectivity index (χ0v) is 13.8. The highest BCUT2D eigenvalue weighted by Gasteiger charge is 2.43. The minimum atomic E-state index is -0.992. The number of hydrogen-bond donors (Lipinski definition) is 1. The lowest BCUT2D eigenvalue weighted by molar-refractivity contribution is -0.142. The van der Waals surface area contributed by atoms with Crippen molar-refractivity contribution in [3.8, 4) is 0 Å². The number of carbonyl (C=O) groups is 2. The Balaban J connectivity index is 2.17. The molecular weight excluding hydrogens is 302 g/mol. The van der Waals surface area contributed by atoms with Gasteiger partial charge in [-0.2, -0.15) is 0 Å². The molecule has 2 rings (SSSR count). The van der Waals surface area contributed by atoms with Crippen LogP contribution in [0.25, 0.3) is 0 Å². The summed E-state index contributed by atoms with van der Waals surface area (Å²) in [5, 5.41) is 9.13. The van der Waals surface area contributed by atoms with Crippen molar-refractivity contribution >= 4 is 23.8 Å². The number of carboxylic acids is 1. The first-order valence-electron chi connectivity index (χ1n) is 7.17. The Bertz CT molecular complexity index is 541. The van der Waals surface area contributed by atoms with Crippen molar-refractivity contribution in [2.45, 2.75) is 44.2 Å². The molecule has 120 valence electrons. The Morgan fingerprint density at radius 3 is 2.50 bits per heavy atom. The van der Waals surface area contributed by atoms with Crippen LogP contribution in [0.1, 0.15) is 26.3 Å². The first-order valence-corrected chi connectivity index (χ1v) is 8.22. The van der Waals surface area contributed by atoms with Crippen LogP contribution in [0.15, 0.2) is 30.3 Å². The van der Waals surface area contributed by atoms with Crippen LogP contribution in [0.4, 0.5) is 4.79 Å². The summed E-state index contributed by atoms with van der Waals surface area (Å²) in [5.74, 6) is -0.611. The summed E-state index contributed by atoms with van der Waals surface area (Å²) in [6, 6.07) is 8.90. The van der Waals surface area contributed by atoms with Crippen LogP contribution in [0.3, 0.4) is 0 Å². The summed E-state index contributed by atoms with van der Waals surface area (Å²) >= 11 is 1.48. The molecular formula is C16H21NO4S. The fourth-order valence-corrected chi connectivity index (χ4v) is 3.70. The molecule has 0 radical (unpaired) electrons. The molecule has 1 unspecified atom stereocenters. The summed E-state index contributed by atoms with van der Waals surface area (Å²) in [6.45, 7) is 5.32. The molecule has 0 aromatic heterocycles. The molecule has 0 saturated carbocycles. The van der Waals surface area contributed by atoms with E-state index in [4.69, 9.17) is 4.74 Å². The molecule has 22 heavy (non-hydrogen) atoms. The lowest BCUT2D eigenvalue weighted by Gasteiger charge is -2.30. The van der Waals surface area contributed by atoms with Gasteiger partial charge >= 0.3 is 12.1 Å². The average Bonchev–Trinajstić information content (AvgIpc) is 2.82. The Hall–Kier alpha value is -1.69. The van der Waals surface area contributed by atoms with E-state index in [1.807, 2.05) is 30.3 Å². The molecule has 5 nitrogen and oxygen atoms in total. The molecule has 0 aliphatic carbocycles. The summed E-state index contributed by atoms with van der Waals surface area (Å²) in [6.07, 6.45) is 0.0416. The van der Waals surface area contributed by atoms with Gasteiger partial charge in [0.1, 0.15) is 11.6 Å². The summed E-state index contributed by atoms with van der Waals surface area (Å²) in [4.78, 5) is 25.2. The first kappa shape index (κ1) is 16.7. The lowest BCUT2D eigenvalue weighted by Crippen LogP contribution is -2.48. The van der Waals surface area contributed by atoms with Gasteiger partial charge in [0.15, 0.2) is 0 Å². The Labute approximate surface area is 134 Å². The van der Waals surface area contributed by atoms with Crippen molar-refractivity contribution in [2.75, 3.05) is 5.75 Å². The Morgan fingerprint density at radius 1 is 1.32 bits per heavy atom. The van der Waals surface area contributed by atoms with Crippen LogP contribution in [-0.2, 0) is 16.0 Å². The van der Waals surface area contributed by atoms with Gasteiger partial charge in [-0.1, -0.05) is 30.3 Å². The van der Waals surface area contributed by atoms with E-state index in [0.29, 0.717) is 12.2 Å². The zero-order valence-electron chi connectivity index (χ0n) is 13.0. The van der Waals surface area contributed by atoms with Crippen molar-refractivity contribution in [3.63, 3.8) is 0 Å². The van der Waals surface area contributed by atoms with Gasteiger partial charge in [-0.05, 0) is 26.3 Å². The van der Waals surface area contributed by atoms with Gasteiger partial charge in [0.05, 0.1) is 5.37 Å². The molecule has 6 heteroatoms. The van der Waals surface area contributed by atoms with E-state index in [9.17, 15) is 14.7 Å². The highest BCUT2D eigenvalue weighted by Crippen LogP contribution is 2.33. The molecule has 1 aromatic rings. The van der Waals surface area contributed by atoms with Crippen molar-refractivity contribution in [1.29, 1.82) is 0 Å². The third-order valence-electron chi connectivity index (χ3n) is 3.24. The molecule has 1 N–H and O–H groups in total. The molecule has 1 aliphatic rings. The lowest BCUT2D eigenvalue weighted by atomic mass is 10.1. The fourth-order valence-electron chi connectivity index (χ4n) is 2.29. The van der Waals surface area contributed by atoms with E-state index in [-0.39, 0.29) is 5.37 Å². The van der Waals surface area contributed by atoms with Gasteiger partial charge in [-0.15, -0.1) is 11.8 Å². The predicted octanol–water partition coefficient (Wildman–Crippen LogP) is 2.99. The van der Waals surface area contributed by atoms with Gasteiger partial charge in [0, 0.05) is 12.2 Å². The second-order valence-corrected chi connectivity index (χ2v) is 7.43. The Kier molecular flexibility index (Phi) is 5.01. The van der Waals surface area contributed by atoms with Crippen LogP contribution in [0.5, 0.6) is 0 Å². The zero-order chi connectivity index (χ0) is 16.3. The standard InChI is InChI=1S/C16H21NO4S/c1-16(2,3)21-15(20)17-12(14(18)19)10-22-13(17)9-11-7-5-4-6-8-11/h4-8,12-13H,9-10H2,1-3H3,(H,18,19)/t12-,13?/m0/s1. The largest absolute Gasteiger partial charge is 0.480 e. The van der Waals surface area contributed by atoms with Crippen molar-refractivity contribution < 1.29 is 19.4 Å². The topological polar surface area (TPSA) is 66.8 Å². The number of carboxylic acid groups (broad SMARTS) is 1. The predicted molar refractivity (Wildman–Crippen MR) is 85.9 cm³/mol. The van der Waals surface area contributed by atoms with Gasteiger partial charge in [0.2, 0.25) is 0 Å². The van der Waals surface area contributed by atoms with E-state index in [2.05, 4.69) is 0 Å². The highest BCUT2D eigenvalue weighted by atomic mass is 32.2. The van der Waals surface area contributed by atoms with Gasteiger partial charge < -0.3 is 9.84 Å². The molecule has 2 atom stereocenters. The molecule has 1 heterocycles. The molecule has 1 fully saturated rings. The molecule has 0 bridgehead atoms. The van der Waals surface area contributed by atoms with Crippen LogP contribution in [0.2, 0.25) is 0 Å².